The van der Waals surface area contributed by atoms with E-state index >= 15 is 0 Å². The van der Waals surface area contributed by atoms with E-state index in [1.54, 1.807) is 0 Å². The zero-order chi connectivity index (χ0) is 12.7. The largest absolute Gasteiger partial charge is 0.354 e. The van der Waals surface area contributed by atoms with Crippen LogP contribution in [0.5, 0.6) is 0 Å². The molecule has 0 aliphatic rings. The van der Waals surface area contributed by atoms with Crippen molar-refractivity contribution in [1.82, 2.24) is 4.98 Å². The van der Waals surface area contributed by atoms with Gasteiger partial charge in [-0.3, -0.25) is 0 Å². The summed E-state index contributed by atoms with van der Waals surface area (Å²) in [7, 11) is 0. The van der Waals surface area contributed by atoms with E-state index in [1.165, 1.54) is 5.56 Å². The van der Waals surface area contributed by atoms with Gasteiger partial charge in [-0.25, -0.2) is 0 Å². The molecule has 0 aliphatic carbocycles. The van der Waals surface area contributed by atoms with Gasteiger partial charge < -0.3 is 4.98 Å². The molecule has 1 N–H and O–H groups in total. The van der Waals surface area contributed by atoms with Gasteiger partial charge in [0, 0.05) is 16.6 Å². The average Bonchev–Trinajstić information content (AvgIpc) is 2.73. The summed E-state index contributed by atoms with van der Waals surface area (Å²) in [6, 6.07) is 14.2. The molecule has 0 radical (unpaired) electrons. The van der Waals surface area contributed by atoms with Crippen LogP contribution < -0.4 is 0 Å². The minimum atomic E-state index is 0.571. The summed E-state index contributed by atoms with van der Waals surface area (Å²) in [5, 5.41) is 2.22. The number of H-pyrrole nitrogens is 1. The van der Waals surface area contributed by atoms with Gasteiger partial charge in [0.05, 0.1) is 10.0 Å². The fourth-order valence-electron chi connectivity index (χ4n) is 2.02. The Balaban J connectivity index is 2.16. The van der Waals surface area contributed by atoms with Crippen LogP contribution in [0.25, 0.3) is 22.2 Å². The second kappa shape index (κ2) is 4.34. The molecule has 0 saturated carbocycles. The van der Waals surface area contributed by atoms with Gasteiger partial charge >= 0.3 is 0 Å². The summed E-state index contributed by atoms with van der Waals surface area (Å²) in [6.45, 7) is 2.08. The third-order valence-corrected chi connectivity index (χ3v) is 3.75. The van der Waals surface area contributed by atoms with E-state index in [4.69, 9.17) is 23.2 Å². The molecular weight excluding hydrogens is 265 g/mol. The molecule has 90 valence electrons. The molecule has 18 heavy (non-hydrogen) atoms. The Morgan fingerprint density at radius 1 is 0.889 bits per heavy atom. The number of benzene rings is 2. The van der Waals surface area contributed by atoms with E-state index in [0.29, 0.717) is 10.0 Å². The molecule has 0 fully saturated rings. The number of aryl methyl sites for hydroxylation is 1. The van der Waals surface area contributed by atoms with E-state index in [9.17, 15) is 0 Å². The highest BCUT2D eigenvalue weighted by atomic mass is 35.5. The van der Waals surface area contributed by atoms with Crippen molar-refractivity contribution in [3.63, 3.8) is 0 Å². The van der Waals surface area contributed by atoms with Crippen LogP contribution in [-0.4, -0.2) is 4.98 Å². The Morgan fingerprint density at radius 3 is 2.28 bits per heavy atom. The third-order valence-electron chi connectivity index (χ3n) is 3.02. The summed E-state index contributed by atoms with van der Waals surface area (Å²) in [6.07, 6.45) is 0. The van der Waals surface area contributed by atoms with Gasteiger partial charge in [0.1, 0.15) is 0 Å². The SMILES string of the molecule is Cc1ccc(-c2cc3cc(Cl)c(Cl)cc3[nH]2)cc1. The summed E-state index contributed by atoms with van der Waals surface area (Å²) in [5.74, 6) is 0. The highest BCUT2D eigenvalue weighted by Gasteiger charge is 2.06. The van der Waals surface area contributed by atoms with Gasteiger partial charge in [-0.15, -0.1) is 0 Å². The van der Waals surface area contributed by atoms with Crippen molar-refractivity contribution in [3.05, 3.63) is 58.1 Å². The molecule has 2 aromatic carbocycles. The lowest BCUT2D eigenvalue weighted by molar-refractivity contribution is 1.42. The van der Waals surface area contributed by atoms with Gasteiger partial charge in [0.2, 0.25) is 0 Å². The van der Waals surface area contributed by atoms with Crippen LogP contribution in [0.1, 0.15) is 5.56 Å². The molecule has 0 bridgehead atoms. The molecule has 0 amide bonds. The molecule has 0 spiro atoms. The average molecular weight is 276 g/mol. The van der Waals surface area contributed by atoms with Crippen molar-refractivity contribution in [2.45, 2.75) is 6.92 Å². The zero-order valence-corrected chi connectivity index (χ0v) is 11.3. The number of rotatable bonds is 1. The fraction of sp³-hybridized carbons (Fsp3) is 0.0667. The quantitative estimate of drug-likeness (QED) is 0.608. The van der Waals surface area contributed by atoms with Gasteiger partial charge in [-0.05, 0) is 30.7 Å². The molecule has 0 aliphatic heterocycles. The number of fused-ring (bicyclic) bond motifs is 1. The second-order valence-electron chi connectivity index (χ2n) is 4.40. The molecule has 3 aromatic rings. The Kier molecular flexibility index (Phi) is 2.81. The Morgan fingerprint density at radius 2 is 1.56 bits per heavy atom. The van der Waals surface area contributed by atoms with Crippen LogP contribution >= 0.6 is 23.2 Å². The zero-order valence-electron chi connectivity index (χ0n) is 9.80. The number of aromatic nitrogens is 1. The summed E-state index contributed by atoms with van der Waals surface area (Å²) in [4.78, 5) is 3.36. The third kappa shape index (κ3) is 2.00. The van der Waals surface area contributed by atoms with Gasteiger partial charge in [0.15, 0.2) is 0 Å². The fourth-order valence-corrected chi connectivity index (χ4v) is 2.35. The highest BCUT2D eigenvalue weighted by Crippen LogP contribution is 2.30. The number of halogens is 2. The lowest BCUT2D eigenvalue weighted by atomic mass is 10.1. The molecular formula is C15H11Cl2N. The minimum Gasteiger partial charge on any atom is -0.354 e. The Bertz CT molecular complexity index is 672. The number of nitrogens with one attached hydrogen (secondary N) is 1. The smallest absolute Gasteiger partial charge is 0.0613 e. The number of aromatic amines is 1. The first-order valence-electron chi connectivity index (χ1n) is 5.68. The Labute approximate surface area is 115 Å². The lowest BCUT2D eigenvalue weighted by Gasteiger charge is -1.98. The lowest BCUT2D eigenvalue weighted by Crippen LogP contribution is -1.77. The molecule has 3 heteroatoms. The van der Waals surface area contributed by atoms with E-state index in [0.717, 1.165) is 22.2 Å². The van der Waals surface area contributed by atoms with Crippen molar-refractivity contribution in [2.75, 3.05) is 0 Å². The summed E-state index contributed by atoms with van der Waals surface area (Å²) < 4.78 is 0. The highest BCUT2D eigenvalue weighted by molar-refractivity contribution is 6.42. The van der Waals surface area contributed by atoms with Crippen molar-refractivity contribution < 1.29 is 0 Å². The van der Waals surface area contributed by atoms with Gasteiger partial charge in [0.25, 0.3) is 0 Å². The van der Waals surface area contributed by atoms with Crippen LogP contribution in [0.3, 0.4) is 0 Å². The standard InChI is InChI=1S/C15H11Cl2N/c1-9-2-4-10(5-3-9)14-7-11-6-12(16)13(17)8-15(11)18-14/h2-8,18H,1H3. The predicted octanol–water partition coefficient (Wildman–Crippen LogP) is 5.45. The van der Waals surface area contributed by atoms with E-state index in [-0.39, 0.29) is 0 Å². The minimum absolute atomic E-state index is 0.571. The van der Waals surface area contributed by atoms with Crippen molar-refractivity contribution in [3.8, 4) is 11.3 Å². The van der Waals surface area contributed by atoms with Crippen molar-refractivity contribution >= 4 is 34.1 Å². The first-order valence-corrected chi connectivity index (χ1v) is 6.44. The maximum atomic E-state index is 6.02. The van der Waals surface area contributed by atoms with Gasteiger partial charge in [-0.2, -0.15) is 0 Å². The maximum Gasteiger partial charge on any atom is 0.0613 e. The van der Waals surface area contributed by atoms with Crippen LogP contribution in [0.15, 0.2) is 42.5 Å². The van der Waals surface area contributed by atoms with Crippen LogP contribution in [0.2, 0.25) is 10.0 Å². The van der Waals surface area contributed by atoms with Crippen molar-refractivity contribution in [1.29, 1.82) is 0 Å². The van der Waals surface area contributed by atoms with Gasteiger partial charge in [-0.1, -0.05) is 53.0 Å². The van der Waals surface area contributed by atoms with E-state index in [1.807, 2.05) is 12.1 Å². The molecule has 0 atom stereocenters. The number of hydrogen-bond donors (Lipinski definition) is 1. The molecule has 1 aromatic heterocycles. The van der Waals surface area contributed by atoms with E-state index < -0.39 is 0 Å². The van der Waals surface area contributed by atoms with Crippen molar-refractivity contribution in [2.24, 2.45) is 0 Å². The first kappa shape index (κ1) is 11.6. The number of hydrogen-bond acceptors (Lipinski definition) is 0. The summed E-state index contributed by atoms with van der Waals surface area (Å²) in [5.41, 5.74) is 4.48. The second-order valence-corrected chi connectivity index (χ2v) is 5.22. The predicted molar refractivity (Wildman–Crippen MR) is 78.5 cm³/mol. The molecule has 0 unspecified atom stereocenters. The molecule has 3 rings (SSSR count). The van der Waals surface area contributed by atoms with Crippen LogP contribution in [0, 0.1) is 6.92 Å². The molecule has 1 nitrogen and oxygen atoms in total. The van der Waals surface area contributed by atoms with Crippen LogP contribution in [-0.2, 0) is 0 Å². The monoisotopic (exact) mass is 275 g/mol. The summed E-state index contributed by atoms with van der Waals surface area (Å²) >= 11 is 12.0. The molecule has 0 saturated heterocycles. The van der Waals surface area contributed by atoms with E-state index in [2.05, 4.69) is 42.2 Å². The first-order chi connectivity index (χ1) is 8.63. The topological polar surface area (TPSA) is 15.8 Å². The Hall–Kier alpha value is -1.44. The van der Waals surface area contributed by atoms with Crippen LogP contribution in [0.4, 0.5) is 0 Å². The molecule has 1 heterocycles. The normalized spacial score (nSPS) is 11.1. The maximum absolute atomic E-state index is 6.02.